The molecule has 0 unspecified atom stereocenters. The summed E-state index contributed by atoms with van der Waals surface area (Å²) in [4.78, 5) is 17.6. The van der Waals surface area contributed by atoms with Gasteiger partial charge in [-0.3, -0.25) is 4.79 Å². The van der Waals surface area contributed by atoms with Crippen LogP contribution in [0.25, 0.3) is 10.2 Å². The van der Waals surface area contributed by atoms with Gasteiger partial charge in [0.2, 0.25) is 0 Å². The van der Waals surface area contributed by atoms with Gasteiger partial charge in [-0.05, 0) is 30.3 Å². The van der Waals surface area contributed by atoms with E-state index in [9.17, 15) is 4.79 Å². The van der Waals surface area contributed by atoms with Crippen LogP contribution in [0.15, 0.2) is 60.1 Å². The van der Waals surface area contributed by atoms with Crippen LogP contribution in [0.5, 0.6) is 11.5 Å². The molecule has 128 valence electrons. The smallest absolute Gasteiger partial charge is 0.279 e. The number of hydrogen-bond acceptors (Lipinski definition) is 4. The van der Waals surface area contributed by atoms with E-state index in [4.69, 9.17) is 9.47 Å². The first-order chi connectivity index (χ1) is 12.2. The standard InChI is InChI=1S/C19H18N2O3S/c1-4-11-21-14-7-5-6-8-17(14)25-19(21)20-18(22)13-9-10-15(23-2)16(12-13)24-3/h4-10,12H,1,11H2,2-3H3. The van der Waals surface area contributed by atoms with Gasteiger partial charge >= 0.3 is 0 Å². The Morgan fingerprint density at radius 2 is 1.96 bits per heavy atom. The van der Waals surface area contributed by atoms with Gasteiger partial charge in [0.15, 0.2) is 16.3 Å². The van der Waals surface area contributed by atoms with E-state index >= 15 is 0 Å². The van der Waals surface area contributed by atoms with Gasteiger partial charge in [-0.15, -0.1) is 6.58 Å². The first-order valence-electron chi connectivity index (χ1n) is 7.68. The number of thiazole rings is 1. The predicted octanol–water partition coefficient (Wildman–Crippen LogP) is 3.65. The molecule has 6 heteroatoms. The van der Waals surface area contributed by atoms with Gasteiger partial charge in [-0.1, -0.05) is 29.5 Å². The summed E-state index contributed by atoms with van der Waals surface area (Å²) in [6, 6.07) is 13.0. The Bertz CT molecular complexity index is 1000. The normalized spacial score (nSPS) is 11.5. The van der Waals surface area contributed by atoms with Crippen LogP contribution in [-0.2, 0) is 6.54 Å². The highest BCUT2D eigenvalue weighted by molar-refractivity contribution is 7.16. The van der Waals surface area contributed by atoms with E-state index in [1.54, 1.807) is 31.4 Å². The minimum absolute atomic E-state index is 0.328. The highest BCUT2D eigenvalue weighted by atomic mass is 32.1. The van der Waals surface area contributed by atoms with Crippen LogP contribution in [0, 0.1) is 0 Å². The summed E-state index contributed by atoms with van der Waals surface area (Å²) in [5, 5.41) is 0. The summed E-state index contributed by atoms with van der Waals surface area (Å²) in [7, 11) is 3.09. The average Bonchev–Trinajstić information content (AvgIpc) is 2.98. The number of rotatable bonds is 5. The summed E-state index contributed by atoms with van der Waals surface area (Å²) in [6.07, 6.45) is 1.79. The second kappa shape index (κ2) is 7.36. The molecule has 0 spiro atoms. The van der Waals surface area contributed by atoms with E-state index in [2.05, 4.69) is 11.6 Å². The maximum absolute atomic E-state index is 12.6. The third-order valence-corrected chi connectivity index (χ3v) is 4.79. The van der Waals surface area contributed by atoms with Crippen LogP contribution in [0.2, 0.25) is 0 Å². The van der Waals surface area contributed by atoms with Crippen LogP contribution < -0.4 is 14.3 Å². The lowest BCUT2D eigenvalue weighted by atomic mass is 10.2. The lowest BCUT2D eigenvalue weighted by molar-refractivity contribution is 0.0997. The van der Waals surface area contributed by atoms with Gasteiger partial charge in [-0.2, -0.15) is 4.99 Å². The fourth-order valence-corrected chi connectivity index (χ4v) is 3.57. The molecule has 0 saturated carbocycles. The number of fused-ring (bicyclic) bond motifs is 1. The summed E-state index contributed by atoms with van der Waals surface area (Å²) >= 11 is 1.48. The van der Waals surface area contributed by atoms with Crippen LogP contribution in [0.4, 0.5) is 0 Å². The zero-order valence-corrected chi connectivity index (χ0v) is 14.9. The van der Waals surface area contributed by atoms with E-state index in [-0.39, 0.29) is 5.91 Å². The zero-order valence-electron chi connectivity index (χ0n) is 14.1. The molecule has 1 amide bonds. The minimum Gasteiger partial charge on any atom is -0.493 e. The first kappa shape index (κ1) is 17.0. The number of para-hydroxylation sites is 1. The number of methoxy groups -OCH3 is 2. The fraction of sp³-hybridized carbons (Fsp3) is 0.158. The Kier molecular flexibility index (Phi) is 5.00. The first-order valence-corrected chi connectivity index (χ1v) is 8.50. The van der Waals surface area contributed by atoms with Crippen molar-refractivity contribution in [1.29, 1.82) is 0 Å². The SMILES string of the molecule is C=CCn1c(=NC(=O)c2ccc(OC)c(OC)c2)sc2ccccc21. The number of ether oxygens (including phenoxy) is 2. The molecule has 3 aromatic rings. The number of carbonyl (C=O) groups is 1. The van der Waals surface area contributed by atoms with E-state index in [0.29, 0.717) is 28.4 Å². The Hall–Kier alpha value is -2.86. The van der Waals surface area contributed by atoms with Crippen LogP contribution in [-0.4, -0.2) is 24.7 Å². The molecule has 3 rings (SSSR count). The number of aromatic nitrogens is 1. The minimum atomic E-state index is -0.328. The number of benzene rings is 2. The molecule has 1 heterocycles. The summed E-state index contributed by atoms with van der Waals surface area (Å²) in [5.74, 6) is 0.742. The van der Waals surface area contributed by atoms with Crippen LogP contribution in [0.1, 0.15) is 10.4 Å². The van der Waals surface area contributed by atoms with Crippen molar-refractivity contribution in [2.24, 2.45) is 4.99 Å². The second-order valence-electron chi connectivity index (χ2n) is 5.24. The molecule has 2 aromatic carbocycles. The van der Waals surface area contributed by atoms with Crippen molar-refractivity contribution in [3.05, 3.63) is 65.5 Å². The lowest BCUT2D eigenvalue weighted by Gasteiger charge is -2.07. The number of amides is 1. The van der Waals surface area contributed by atoms with Crippen molar-refractivity contribution < 1.29 is 14.3 Å². The Labute approximate surface area is 149 Å². The summed E-state index contributed by atoms with van der Waals surface area (Å²) in [6.45, 7) is 4.37. The Morgan fingerprint density at radius 1 is 1.20 bits per heavy atom. The Balaban J connectivity index is 2.08. The van der Waals surface area contributed by atoms with E-state index in [1.165, 1.54) is 18.4 Å². The highest BCUT2D eigenvalue weighted by Gasteiger charge is 2.11. The average molecular weight is 354 g/mol. The van der Waals surface area contributed by atoms with Crippen LogP contribution >= 0.6 is 11.3 Å². The third-order valence-electron chi connectivity index (χ3n) is 3.73. The lowest BCUT2D eigenvalue weighted by Crippen LogP contribution is -2.16. The van der Waals surface area contributed by atoms with Crippen molar-refractivity contribution in [3.63, 3.8) is 0 Å². The number of nitrogens with zero attached hydrogens (tertiary/aromatic N) is 2. The van der Waals surface area contributed by atoms with Gasteiger partial charge in [0, 0.05) is 12.1 Å². The predicted molar refractivity (Wildman–Crippen MR) is 99.5 cm³/mol. The molecule has 5 nitrogen and oxygen atoms in total. The van der Waals surface area contributed by atoms with E-state index < -0.39 is 0 Å². The van der Waals surface area contributed by atoms with Gasteiger partial charge in [0.05, 0.1) is 24.4 Å². The quantitative estimate of drug-likeness (QED) is 0.657. The molecule has 0 N–H and O–H groups in total. The Morgan fingerprint density at radius 3 is 2.68 bits per heavy atom. The molecule has 0 radical (unpaired) electrons. The van der Waals surface area contributed by atoms with Crippen molar-refractivity contribution in [1.82, 2.24) is 4.57 Å². The molecule has 0 aliphatic rings. The molecule has 25 heavy (non-hydrogen) atoms. The maximum Gasteiger partial charge on any atom is 0.279 e. The maximum atomic E-state index is 12.6. The van der Waals surface area contributed by atoms with Crippen molar-refractivity contribution in [2.45, 2.75) is 6.54 Å². The third kappa shape index (κ3) is 3.34. The summed E-state index contributed by atoms with van der Waals surface area (Å²) in [5.41, 5.74) is 1.48. The second-order valence-corrected chi connectivity index (χ2v) is 6.25. The van der Waals surface area contributed by atoms with E-state index in [1.807, 2.05) is 28.8 Å². The zero-order chi connectivity index (χ0) is 17.8. The highest BCUT2D eigenvalue weighted by Crippen LogP contribution is 2.27. The molecule has 0 atom stereocenters. The molecule has 0 aliphatic heterocycles. The van der Waals surface area contributed by atoms with Gasteiger partial charge in [0.25, 0.3) is 5.91 Å². The van der Waals surface area contributed by atoms with Crippen molar-refractivity contribution in [2.75, 3.05) is 14.2 Å². The molecule has 0 aliphatic carbocycles. The molecular formula is C19H18N2O3S. The van der Waals surface area contributed by atoms with Crippen LogP contribution in [0.3, 0.4) is 0 Å². The molecule has 1 aromatic heterocycles. The molecular weight excluding hydrogens is 336 g/mol. The monoisotopic (exact) mass is 354 g/mol. The van der Waals surface area contributed by atoms with Gasteiger partial charge in [-0.25, -0.2) is 0 Å². The molecule has 0 saturated heterocycles. The molecule has 0 bridgehead atoms. The van der Waals surface area contributed by atoms with E-state index in [0.717, 1.165) is 10.2 Å². The molecule has 0 fully saturated rings. The number of hydrogen-bond donors (Lipinski definition) is 0. The van der Waals surface area contributed by atoms with Crippen molar-refractivity contribution in [3.8, 4) is 11.5 Å². The van der Waals surface area contributed by atoms with Crippen molar-refractivity contribution >= 4 is 27.5 Å². The number of carbonyl (C=O) groups excluding carboxylic acids is 1. The number of allylic oxidation sites excluding steroid dienone is 1. The fourth-order valence-electron chi connectivity index (χ4n) is 2.53. The summed E-state index contributed by atoms with van der Waals surface area (Å²) < 4.78 is 13.5. The topological polar surface area (TPSA) is 52.8 Å². The van der Waals surface area contributed by atoms with Gasteiger partial charge < -0.3 is 14.0 Å². The largest absolute Gasteiger partial charge is 0.493 e. The van der Waals surface area contributed by atoms with Gasteiger partial charge in [0.1, 0.15) is 0 Å².